The molecule has 2 aromatic rings. The molecule has 0 N–H and O–H groups in total. The van der Waals surface area contributed by atoms with Crippen molar-refractivity contribution in [3.63, 3.8) is 0 Å². The Balaban J connectivity index is 1.81. The van der Waals surface area contributed by atoms with Crippen molar-refractivity contribution in [2.75, 3.05) is 0 Å². The second-order valence-corrected chi connectivity index (χ2v) is 4.12. The Kier molecular flexibility index (Phi) is 3.68. The molecule has 0 aromatic heterocycles. The molecule has 0 amide bonds. The summed E-state index contributed by atoms with van der Waals surface area (Å²) in [5.74, 6) is 1.74. The molecule has 0 saturated heterocycles. The summed E-state index contributed by atoms with van der Waals surface area (Å²) in [4.78, 5) is 0. The first-order chi connectivity index (χ1) is 7.45. The topological polar surface area (TPSA) is 18.5 Å². The van der Waals surface area contributed by atoms with E-state index >= 15 is 0 Å². The van der Waals surface area contributed by atoms with E-state index in [9.17, 15) is 0 Å². The van der Waals surface area contributed by atoms with E-state index in [0.29, 0.717) is 0 Å². The van der Waals surface area contributed by atoms with Crippen molar-refractivity contribution >= 4 is 16.1 Å². The minimum absolute atomic E-state index is 0.864. The van der Waals surface area contributed by atoms with Gasteiger partial charge in [-0.1, -0.05) is 0 Å². The van der Waals surface area contributed by atoms with Crippen LogP contribution in [0, 0.1) is 0 Å². The van der Waals surface area contributed by atoms with Crippen molar-refractivity contribution in [2.24, 2.45) is 0 Å². The van der Waals surface area contributed by atoms with E-state index in [4.69, 9.17) is 7.53 Å². The molecule has 0 aliphatic carbocycles. The molecule has 0 heterocycles. The van der Waals surface area contributed by atoms with Crippen LogP contribution in [-0.2, 0) is 0 Å². The predicted octanol–water partition coefficient (Wildman–Crippen LogP) is 2.68. The van der Waals surface area contributed by atoms with Gasteiger partial charge in [-0.3, -0.25) is 0 Å². The fraction of sp³-hybridized carbons (Fsp3) is 0. The SMILES string of the molecule is c1ccc([O][Ge][O]c2ccccc2)cc1. The molecule has 2 nitrogen and oxygen atoms in total. The molecule has 74 valence electrons. The van der Waals surface area contributed by atoms with Crippen LogP contribution in [0.5, 0.6) is 11.5 Å². The number of benzene rings is 2. The van der Waals surface area contributed by atoms with E-state index in [1.807, 2.05) is 60.7 Å². The van der Waals surface area contributed by atoms with Gasteiger partial charge < -0.3 is 0 Å². The van der Waals surface area contributed by atoms with Crippen LogP contribution in [0.4, 0.5) is 0 Å². The monoisotopic (exact) mass is 260 g/mol. The van der Waals surface area contributed by atoms with Crippen molar-refractivity contribution in [3.05, 3.63) is 60.7 Å². The van der Waals surface area contributed by atoms with Gasteiger partial charge in [0, 0.05) is 0 Å². The molecule has 0 saturated carbocycles. The summed E-state index contributed by atoms with van der Waals surface area (Å²) in [6.07, 6.45) is 0. The van der Waals surface area contributed by atoms with Crippen LogP contribution >= 0.6 is 0 Å². The van der Waals surface area contributed by atoms with E-state index < -0.39 is 16.1 Å². The Morgan fingerprint density at radius 3 is 1.40 bits per heavy atom. The summed E-state index contributed by atoms with van der Waals surface area (Å²) in [6, 6.07) is 19.4. The first-order valence-corrected chi connectivity index (χ1v) is 6.35. The summed E-state index contributed by atoms with van der Waals surface area (Å²) < 4.78 is 11.0. The maximum absolute atomic E-state index is 5.51. The minimum atomic E-state index is -0.864. The van der Waals surface area contributed by atoms with Gasteiger partial charge in [-0.05, 0) is 0 Å². The Morgan fingerprint density at radius 1 is 0.600 bits per heavy atom. The van der Waals surface area contributed by atoms with Gasteiger partial charge in [-0.15, -0.1) is 0 Å². The fourth-order valence-corrected chi connectivity index (χ4v) is 2.16. The average molecular weight is 259 g/mol. The number of hydrogen-bond donors (Lipinski definition) is 0. The second-order valence-electron chi connectivity index (χ2n) is 2.91. The molecule has 2 rings (SSSR count). The van der Waals surface area contributed by atoms with E-state index in [-0.39, 0.29) is 0 Å². The molecule has 15 heavy (non-hydrogen) atoms. The molecule has 0 fully saturated rings. The van der Waals surface area contributed by atoms with E-state index in [1.165, 1.54) is 0 Å². The summed E-state index contributed by atoms with van der Waals surface area (Å²) >= 11 is -0.864. The van der Waals surface area contributed by atoms with Crippen LogP contribution in [-0.4, -0.2) is 16.1 Å². The van der Waals surface area contributed by atoms with Crippen molar-refractivity contribution < 1.29 is 7.53 Å². The second kappa shape index (κ2) is 5.46. The molecule has 0 unspecified atom stereocenters. The van der Waals surface area contributed by atoms with Crippen molar-refractivity contribution in [2.45, 2.75) is 0 Å². The number of hydrogen-bond acceptors (Lipinski definition) is 2. The van der Waals surface area contributed by atoms with Gasteiger partial charge in [0.05, 0.1) is 0 Å². The molecule has 0 atom stereocenters. The zero-order valence-corrected chi connectivity index (χ0v) is 10.2. The third kappa shape index (κ3) is 3.33. The van der Waals surface area contributed by atoms with Gasteiger partial charge in [0.1, 0.15) is 0 Å². The van der Waals surface area contributed by atoms with Crippen LogP contribution in [0.15, 0.2) is 60.7 Å². The summed E-state index contributed by atoms with van der Waals surface area (Å²) in [7, 11) is 0. The van der Waals surface area contributed by atoms with Crippen molar-refractivity contribution in [3.8, 4) is 11.5 Å². The van der Waals surface area contributed by atoms with Crippen LogP contribution in [0.1, 0.15) is 0 Å². The third-order valence-corrected chi connectivity index (χ3v) is 3.14. The summed E-state index contributed by atoms with van der Waals surface area (Å²) in [6.45, 7) is 0. The van der Waals surface area contributed by atoms with Crippen LogP contribution in [0.3, 0.4) is 0 Å². The van der Waals surface area contributed by atoms with Crippen molar-refractivity contribution in [1.82, 2.24) is 0 Å². The molecule has 3 heteroatoms. The molecule has 2 aromatic carbocycles. The molecular formula is C12H10GeO2. The van der Waals surface area contributed by atoms with Crippen molar-refractivity contribution in [1.29, 1.82) is 0 Å². The first-order valence-electron chi connectivity index (χ1n) is 4.64. The molecular weight excluding hydrogens is 249 g/mol. The fourth-order valence-electron chi connectivity index (χ4n) is 1.09. The van der Waals surface area contributed by atoms with E-state index in [0.717, 1.165) is 11.5 Å². The zero-order valence-electron chi connectivity index (χ0n) is 8.09. The average Bonchev–Trinajstić information content (AvgIpc) is 2.32. The Bertz CT molecular complexity index is 349. The third-order valence-electron chi connectivity index (χ3n) is 1.81. The Hall–Kier alpha value is -1.42. The van der Waals surface area contributed by atoms with Gasteiger partial charge >= 0.3 is 95.8 Å². The molecule has 0 aliphatic rings. The Labute approximate surface area is 96.0 Å². The molecule has 0 aliphatic heterocycles. The quantitative estimate of drug-likeness (QED) is 0.785. The molecule has 0 spiro atoms. The predicted molar refractivity (Wildman–Crippen MR) is 59.9 cm³/mol. The summed E-state index contributed by atoms with van der Waals surface area (Å²) in [5, 5.41) is 0. The van der Waals surface area contributed by atoms with Crippen LogP contribution in [0.2, 0.25) is 0 Å². The first kappa shape index (κ1) is 10.1. The van der Waals surface area contributed by atoms with Gasteiger partial charge in [0.25, 0.3) is 0 Å². The normalized spacial score (nSPS) is 9.60. The Morgan fingerprint density at radius 2 is 1.00 bits per heavy atom. The number of para-hydroxylation sites is 2. The number of rotatable bonds is 4. The zero-order chi connectivity index (χ0) is 10.3. The van der Waals surface area contributed by atoms with Gasteiger partial charge in [0.15, 0.2) is 0 Å². The maximum atomic E-state index is 5.51. The van der Waals surface area contributed by atoms with E-state index in [1.54, 1.807) is 0 Å². The van der Waals surface area contributed by atoms with Gasteiger partial charge in [-0.2, -0.15) is 0 Å². The molecule has 0 bridgehead atoms. The standard InChI is InChI=1S/C12H10GeO2/c1-3-7-11(8-4-1)14-13-15-12-9-5-2-6-10-12/h1-10H. The summed E-state index contributed by atoms with van der Waals surface area (Å²) in [5.41, 5.74) is 0. The van der Waals surface area contributed by atoms with Gasteiger partial charge in [-0.25, -0.2) is 0 Å². The van der Waals surface area contributed by atoms with Crippen LogP contribution in [0.25, 0.3) is 0 Å². The molecule has 2 radical (unpaired) electrons. The van der Waals surface area contributed by atoms with E-state index in [2.05, 4.69) is 0 Å². The van der Waals surface area contributed by atoms with Gasteiger partial charge in [0.2, 0.25) is 0 Å². The van der Waals surface area contributed by atoms with Crippen LogP contribution < -0.4 is 7.53 Å².